The molecule has 3 heteroatoms. The average molecular weight is 214 g/mol. The fraction of sp³-hybridized carbons (Fsp3) is 0.154. The Labute approximate surface area is 94.9 Å². The first-order valence-electron chi connectivity index (χ1n) is 5.13. The number of aromatic nitrogens is 1. The minimum atomic E-state index is 0.527. The molecule has 0 radical (unpaired) electrons. The maximum absolute atomic E-state index is 5.60. The van der Waals surface area contributed by atoms with E-state index in [1.807, 2.05) is 36.4 Å². The molecule has 0 aliphatic heterocycles. The lowest BCUT2D eigenvalue weighted by Gasteiger charge is -2.05. The van der Waals surface area contributed by atoms with Gasteiger partial charge < -0.3 is 10.5 Å². The molecule has 82 valence electrons. The van der Waals surface area contributed by atoms with Crippen LogP contribution in [0.1, 0.15) is 5.56 Å². The predicted octanol–water partition coefficient (Wildman–Crippen LogP) is 2.22. The van der Waals surface area contributed by atoms with E-state index in [-0.39, 0.29) is 0 Å². The molecule has 0 saturated heterocycles. The van der Waals surface area contributed by atoms with Gasteiger partial charge in [-0.1, -0.05) is 12.1 Å². The Morgan fingerprint density at radius 2 is 2.12 bits per heavy atom. The van der Waals surface area contributed by atoms with Crippen LogP contribution in [-0.4, -0.2) is 12.1 Å². The van der Waals surface area contributed by atoms with Gasteiger partial charge in [-0.2, -0.15) is 0 Å². The van der Waals surface area contributed by atoms with Gasteiger partial charge in [-0.05, 0) is 29.8 Å². The molecule has 2 aromatic rings. The van der Waals surface area contributed by atoms with E-state index in [2.05, 4.69) is 4.98 Å². The monoisotopic (exact) mass is 214 g/mol. The van der Waals surface area contributed by atoms with E-state index in [0.717, 1.165) is 22.6 Å². The predicted molar refractivity (Wildman–Crippen MR) is 64.1 cm³/mol. The van der Waals surface area contributed by atoms with Crippen LogP contribution in [0.15, 0.2) is 42.6 Å². The average Bonchev–Trinajstić information content (AvgIpc) is 2.39. The molecular weight excluding hydrogens is 200 g/mol. The summed E-state index contributed by atoms with van der Waals surface area (Å²) in [5.41, 5.74) is 8.63. The Bertz CT molecular complexity index is 437. The minimum Gasteiger partial charge on any atom is -0.497 e. The number of methoxy groups -OCH3 is 1. The number of nitrogens with two attached hydrogens (primary N) is 1. The number of nitrogens with zero attached hydrogens (tertiary/aromatic N) is 1. The van der Waals surface area contributed by atoms with Gasteiger partial charge in [0, 0.05) is 18.3 Å². The lowest BCUT2D eigenvalue weighted by Crippen LogP contribution is -1.97. The summed E-state index contributed by atoms with van der Waals surface area (Å²) in [6, 6.07) is 11.7. The molecule has 0 saturated carbocycles. The first-order chi connectivity index (χ1) is 7.83. The number of benzene rings is 1. The third-order valence-electron chi connectivity index (χ3n) is 2.43. The normalized spacial score (nSPS) is 10.1. The van der Waals surface area contributed by atoms with Crippen molar-refractivity contribution >= 4 is 0 Å². The zero-order chi connectivity index (χ0) is 11.4. The first kappa shape index (κ1) is 10.6. The minimum absolute atomic E-state index is 0.527. The SMILES string of the molecule is COc1cccc(-c2cc(CN)ccn2)c1. The van der Waals surface area contributed by atoms with Gasteiger partial charge in [0.05, 0.1) is 12.8 Å². The molecular formula is C13H14N2O. The lowest BCUT2D eigenvalue weighted by molar-refractivity contribution is 0.415. The molecule has 3 nitrogen and oxygen atoms in total. The van der Waals surface area contributed by atoms with Gasteiger partial charge in [-0.15, -0.1) is 0 Å². The highest BCUT2D eigenvalue weighted by atomic mass is 16.5. The number of pyridine rings is 1. The number of rotatable bonds is 3. The molecule has 0 aliphatic carbocycles. The maximum Gasteiger partial charge on any atom is 0.119 e. The van der Waals surface area contributed by atoms with Crippen LogP contribution >= 0.6 is 0 Å². The van der Waals surface area contributed by atoms with E-state index in [9.17, 15) is 0 Å². The van der Waals surface area contributed by atoms with Crippen LogP contribution in [0.5, 0.6) is 5.75 Å². The lowest BCUT2D eigenvalue weighted by atomic mass is 10.1. The van der Waals surface area contributed by atoms with Gasteiger partial charge in [0.25, 0.3) is 0 Å². The molecule has 0 bridgehead atoms. The topological polar surface area (TPSA) is 48.1 Å². The molecule has 0 atom stereocenters. The molecule has 2 rings (SSSR count). The second kappa shape index (κ2) is 4.77. The van der Waals surface area contributed by atoms with E-state index in [4.69, 9.17) is 10.5 Å². The quantitative estimate of drug-likeness (QED) is 0.852. The summed E-state index contributed by atoms with van der Waals surface area (Å²) < 4.78 is 5.18. The van der Waals surface area contributed by atoms with Gasteiger partial charge in [0.15, 0.2) is 0 Å². The summed E-state index contributed by atoms with van der Waals surface area (Å²) in [5.74, 6) is 0.831. The summed E-state index contributed by atoms with van der Waals surface area (Å²) in [6.45, 7) is 0.527. The van der Waals surface area contributed by atoms with Crippen molar-refractivity contribution in [3.8, 4) is 17.0 Å². The van der Waals surface area contributed by atoms with Crippen molar-refractivity contribution in [3.63, 3.8) is 0 Å². The maximum atomic E-state index is 5.60. The van der Waals surface area contributed by atoms with Gasteiger partial charge in [-0.3, -0.25) is 4.98 Å². The van der Waals surface area contributed by atoms with E-state index in [0.29, 0.717) is 6.54 Å². The van der Waals surface area contributed by atoms with Crippen LogP contribution in [0.4, 0.5) is 0 Å². The molecule has 0 aliphatic rings. The van der Waals surface area contributed by atoms with E-state index in [1.54, 1.807) is 13.3 Å². The van der Waals surface area contributed by atoms with Crippen molar-refractivity contribution in [1.29, 1.82) is 0 Å². The van der Waals surface area contributed by atoms with Crippen molar-refractivity contribution in [3.05, 3.63) is 48.2 Å². The van der Waals surface area contributed by atoms with Crippen LogP contribution in [0, 0.1) is 0 Å². The van der Waals surface area contributed by atoms with Gasteiger partial charge in [0.2, 0.25) is 0 Å². The Morgan fingerprint density at radius 1 is 1.25 bits per heavy atom. The molecule has 0 amide bonds. The molecule has 0 fully saturated rings. The highest BCUT2D eigenvalue weighted by Crippen LogP contribution is 2.22. The fourth-order valence-electron chi connectivity index (χ4n) is 1.54. The largest absolute Gasteiger partial charge is 0.497 e. The summed E-state index contributed by atoms with van der Waals surface area (Å²) >= 11 is 0. The van der Waals surface area contributed by atoms with Crippen molar-refractivity contribution in [2.75, 3.05) is 7.11 Å². The van der Waals surface area contributed by atoms with E-state index in [1.165, 1.54) is 0 Å². The van der Waals surface area contributed by atoms with Crippen molar-refractivity contribution < 1.29 is 4.74 Å². The van der Waals surface area contributed by atoms with Crippen molar-refractivity contribution in [1.82, 2.24) is 4.98 Å². The fourth-order valence-corrected chi connectivity index (χ4v) is 1.54. The van der Waals surface area contributed by atoms with E-state index < -0.39 is 0 Å². The van der Waals surface area contributed by atoms with Crippen LogP contribution in [0.3, 0.4) is 0 Å². The first-order valence-corrected chi connectivity index (χ1v) is 5.13. The summed E-state index contributed by atoms with van der Waals surface area (Å²) in [5, 5.41) is 0. The Hall–Kier alpha value is -1.87. The van der Waals surface area contributed by atoms with Crippen LogP contribution in [0.25, 0.3) is 11.3 Å². The molecule has 0 spiro atoms. The highest BCUT2D eigenvalue weighted by Gasteiger charge is 2.01. The standard InChI is InChI=1S/C13H14N2O/c1-16-12-4-2-3-11(8-12)13-7-10(9-14)5-6-15-13/h2-8H,9,14H2,1H3. The van der Waals surface area contributed by atoms with Crippen molar-refractivity contribution in [2.45, 2.75) is 6.54 Å². The second-order valence-corrected chi connectivity index (χ2v) is 3.49. The van der Waals surface area contributed by atoms with Gasteiger partial charge in [0.1, 0.15) is 5.75 Å². The molecule has 2 N–H and O–H groups in total. The highest BCUT2D eigenvalue weighted by molar-refractivity contribution is 5.61. The van der Waals surface area contributed by atoms with Crippen molar-refractivity contribution in [2.24, 2.45) is 5.73 Å². The summed E-state index contributed by atoms with van der Waals surface area (Å²) in [6.07, 6.45) is 1.77. The molecule has 1 aromatic heterocycles. The van der Waals surface area contributed by atoms with Gasteiger partial charge >= 0.3 is 0 Å². The molecule has 16 heavy (non-hydrogen) atoms. The van der Waals surface area contributed by atoms with Crippen LogP contribution in [0.2, 0.25) is 0 Å². The Morgan fingerprint density at radius 3 is 2.88 bits per heavy atom. The molecule has 0 unspecified atom stereocenters. The molecule has 1 heterocycles. The third-order valence-corrected chi connectivity index (χ3v) is 2.43. The van der Waals surface area contributed by atoms with Crippen LogP contribution in [-0.2, 0) is 6.54 Å². The van der Waals surface area contributed by atoms with Gasteiger partial charge in [-0.25, -0.2) is 0 Å². The third kappa shape index (κ3) is 2.20. The molecule has 1 aromatic carbocycles. The number of hydrogen-bond donors (Lipinski definition) is 1. The Kier molecular flexibility index (Phi) is 3.17. The van der Waals surface area contributed by atoms with Crippen LogP contribution < -0.4 is 10.5 Å². The summed E-state index contributed by atoms with van der Waals surface area (Å²) in [4.78, 5) is 4.32. The summed E-state index contributed by atoms with van der Waals surface area (Å²) in [7, 11) is 1.66. The zero-order valence-electron chi connectivity index (χ0n) is 9.18. The van der Waals surface area contributed by atoms with E-state index >= 15 is 0 Å². The Balaban J connectivity index is 2.41. The number of hydrogen-bond acceptors (Lipinski definition) is 3. The zero-order valence-corrected chi connectivity index (χ0v) is 9.18. The smallest absolute Gasteiger partial charge is 0.119 e. The number of ether oxygens (including phenoxy) is 1. The second-order valence-electron chi connectivity index (χ2n) is 3.49.